The van der Waals surface area contributed by atoms with E-state index in [1.165, 1.54) is 12.1 Å². The quantitative estimate of drug-likeness (QED) is 0.431. The van der Waals surface area contributed by atoms with E-state index >= 15 is 0 Å². The Bertz CT molecular complexity index is 849. The van der Waals surface area contributed by atoms with Gasteiger partial charge in [0, 0.05) is 15.0 Å². The number of rotatable bonds is 2. The van der Waals surface area contributed by atoms with Crippen molar-refractivity contribution in [3.8, 4) is 5.69 Å². The van der Waals surface area contributed by atoms with E-state index in [1.54, 1.807) is 0 Å². The summed E-state index contributed by atoms with van der Waals surface area (Å²) in [5.41, 5.74) is 2.04. The molecule has 3 rings (SSSR count). The predicted octanol–water partition coefficient (Wildman–Crippen LogP) is 6.08. The second-order valence-electron chi connectivity index (χ2n) is 4.35. The van der Waals surface area contributed by atoms with Crippen molar-refractivity contribution in [1.29, 1.82) is 0 Å². The van der Waals surface area contributed by atoms with Gasteiger partial charge in [-0.15, -0.1) is 11.6 Å². The Morgan fingerprint density at radius 1 is 1.19 bits per heavy atom. The zero-order valence-electron chi connectivity index (χ0n) is 10.4. The number of fused-ring (bicyclic) bond motifs is 1. The van der Waals surface area contributed by atoms with Crippen molar-refractivity contribution in [3.05, 3.63) is 55.9 Å². The topological polar surface area (TPSA) is 17.8 Å². The molecule has 0 radical (unpaired) electrons. The van der Waals surface area contributed by atoms with Crippen LogP contribution in [0.15, 0.2) is 39.3 Å². The Kier molecular flexibility index (Phi) is 4.28. The fourth-order valence-electron chi connectivity index (χ4n) is 2.14. The van der Waals surface area contributed by atoms with Gasteiger partial charge in [0.05, 0.1) is 27.6 Å². The fraction of sp³-hybridized carbons (Fsp3) is 0.0714. The van der Waals surface area contributed by atoms with Crippen molar-refractivity contribution >= 4 is 66.1 Å². The molecule has 108 valence electrons. The van der Waals surface area contributed by atoms with Crippen molar-refractivity contribution in [2.24, 2.45) is 0 Å². The highest BCUT2D eigenvalue weighted by Crippen LogP contribution is 2.32. The van der Waals surface area contributed by atoms with Crippen LogP contribution in [0.5, 0.6) is 0 Å². The minimum atomic E-state index is -0.488. The first-order valence-electron chi connectivity index (χ1n) is 5.89. The standard InChI is InChI=1S/C14H7Br2Cl2FN2/c15-7-1-2-8(16)12(3-7)21-13-5-10(19)9(18)4-11(13)20-14(21)6-17/h1-5H,6H2. The first kappa shape index (κ1) is 15.3. The SMILES string of the molecule is Fc1cc2c(cc1Cl)nc(CCl)n2-c1cc(Br)ccc1Br. The number of alkyl halides is 1. The van der Waals surface area contributed by atoms with E-state index in [0.717, 1.165) is 14.6 Å². The van der Waals surface area contributed by atoms with E-state index in [1.807, 2.05) is 22.8 Å². The Morgan fingerprint density at radius 2 is 1.95 bits per heavy atom. The van der Waals surface area contributed by atoms with E-state index in [-0.39, 0.29) is 10.9 Å². The highest BCUT2D eigenvalue weighted by atomic mass is 79.9. The van der Waals surface area contributed by atoms with Crippen LogP contribution in [-0.2, 0) is 5.88 Å². The van der Waals surface area contributed by atoms with Crippen molar-refractivity contribution in [2.45, 2.75) is 5.88 Å². The first-order chi connectivity index (χ1) is 10.0. The van der Waals surface area contributed by atoms with Gasteiger partial charge in [-0.25, -0.2) is 9.37 Å². The Balaban J connectivity index is 2.40. The van der Waals surface area contributed by atoms with Crippen LogP contribution in [0.3, 0.4) is 0 Å². The number of hydrogen-bond donors (Lipinski definition) is 0. The first-order valence-corrected chi connectivity index (χ1v) is 8.39. The van der Waals surface area contributed by atoms with Crippen LogP contribution in [0.4, 0.5) is 4.39 Å². The summed E-state index contributed by atoms with van der Waals surface area (Å²) in [4.78, 5) is 4.42. The Morgan fingerprint density at radius 3 is 2.67 bits per heavy atom. The molecule has 0 bridgehead atoms. The zero-order chi connectivity index (χ0) is 15.1. The molecule has 0 unspecified atom stereocenters. The van der Waals surface area contributed by atoms with Gasteiger partial charge in [-0.2, -0.15) is 0 Å². The molecule has 2 nitrogen and oxygen atoms in total. The lowest BCUT2D eigenvalue weighted by Crippen LogP contribution is -2.00. The van der Waals surface area contributed by atoms with Crippen LogP contribution >= 0.6 is 55.1 Å². The van der Waals surface area contributed by atoms with Crippen molar-refractivity contribution in [1.82, 2.24) is 9.55 Å². The van der Waals surface area contributed by atoms with Crippen LogP contribution < -0.4 is 0 Å². The van der Waals surface area contributed by atoms with Crippen LogP contribution in [0.25, 0.3) is 16.7 Å². The Hall–Kier alpha value is -0.620. The lowest BCUT2D eigenvalue weighted by Gasteiger charge is -2.11. The molecule has 7 heteroatoms. The molecule has 0 aliphatic rings. The van der Waals surface area contributed by atoms with E-state index in [2.05, 4.69) is 36.8 Å². The minimum Gasteiger partial charge on any atom is -0.294 e. The molecule has 0 amide bonds. The molecule has 1 heterocycles. The van der Waals surface area contributed by atoms with E-state index in [4.69, 9.17) is 23.2 Å². The van der Waals surface area contributed by atoms with Crippen LogP contribution in [0, 0.1) is 5.82 Å². The summed E-state index contributed by atoms with van der Waals surface area (Å²) in [6, 6.07) is 8.59. The summed E-state index contributed by atoms with van der Waals surface area (Å²) in [5.74, 6) is 0.331. The molecule has 0 atom stereocenters. The third-order valence-electron chi connectivity index (χ3n) is 3.03. The summed E-state index contributed by atoms with van der Waals surface area (Å²) in [6.45, 7) is 0. The molecule has 0 saturated heterocycles. The molecule has 0 aliphatic heterocycles. The molecule has 3 aromatic rings. The van der Waals surface area contributed by atoms with Crippen molar-refractivity contribution in [2.75, 3.05) is 0 Å². The number of hydrogen-bond acceptors (Lipinski definition) is 1. The second-order valence-corrected chi connectivity index (χ2v) is 6.79. The van der Waals surface area contributed by atoms with Gasteiger partial charge in [-0.05, 0) is 40.2 Å². The molecular formula is C14H7Br2Cl2FN2. The van der Waals surface area contributed by atoms with Crippen molar-refractivity contribution < 1.29 is 4.39 Å². The van der Waals surface area contributed by atoms with Crippen molar-refractivity contribution in [3.63, 3.8) is 0 Å². The Labute approximate surface area is 147 Å². The third kappa shape index (κ3) is 2.72. The molecule has 0 saturated carbocycles. The maximum atomic E-state index is 13.8. The average molecular weight is 453 g/mol. The summed E-state index contributed by atoms with van der Waals surface area (Å²) in [6.07, 6.45) is 0. The third-order valence-corrected chi connectivity index (χ3v) is 4.73. The largest absolute Gasteiger partial charge is 0.294 e. The molecule has 2 aromatic carbocycles. The van der Waals surface area contributed by atoms with Gasteiger partial charge in [0.25, 0.3) is 0 Å². The molecule has 0 N–H and O–H groups in total. The molecule has 0 spiro atoms. The van der Waals surface area contributed by atoms with E-state index in [0.29, 0.717) is 16.9 Å². The summed E-state index contributed by atoms with van der Waals surface area (Å²) < 4.78 is 17.4. The van der Waals surface area contributed by atoms with Crippen LogP contribution in [0.2, 0.25) is 5.02 Å². The summed E-state index contributed by atoms with van der Waals surface area (Å²) in [5, 5.41) is 0.0431. The second kappa shape index (κ2) is 5.88. The zero-order valence-corrected chi connectivity index (χ0v) is 15.1. The van der Waals surface area contributed by atoms with Gasteiger partial charge in [-0.1, -0.05) is 27.5 Å². The lowest BCUT2D eigenvalue weighted by atomic mass is 10.2. The predicted molar refractivity (Wildman–Crippen MR) is 91.0 cm³/mol. The van der Waals surface area contributed by atoms with Crippen LogP contribution in [0.1, 0.15) is 5.82 Å². The summed E-state index contributed by atoms with van der Waals surface area (Å²) >= 11 is 18.7. The van der Waals surface area contributed by atoms with E-state index in [9.17, 15) is 4.39 Å². The molecule has 0 fully saturated rings. The highest BCUT2D eigenvalue weighted by molar-refractivity contribution is 9.11. The fourth-order valence-corrected chi connectivity index (χ4v) is 3.25. The number of aromatic nitrogens is 2. The van der Waals surface area contributed by atoms with Gasteiger partial charge < -0.3 is 0 Å². The minimum absolute atomic E-state index is 0.0431. The highest BCUT2D eigenvalue weighted by Gasteiger charge is 2.16. The molecule has 1 aromatic heterocycles. The number of imidazole rings is 1. The molecule has 0 aliphatic carbocycles. The van der Waals surface area contributed by atoms with Gasteiger partial charge in [0.1, 0.15) is 11.6 Å². The van der Waals surface area contributed by atoms with Gasteiger partial charge >= 0.3 is 0 Å². The monoisotopic (exact) mass is 450 g/mol. The maximum absolute atomic E-state index is 13.8. The van der Waals surface area contributed by atoms with Gasteiger partial charge in [0.15, 0.2) is 0 Å². The molecule has 21 heavy (non-hydrogen) atoms. The average Bonchev–Trinajstić information content (AvgIpc) is 2.79. The number of benzene rings is 2. The summed E-state index contributed by atoms with van der Waals surface area (Å²) in [7, 11) is 0. The number of halogens is 5. The molecular weight excluding hydrogens is 446 g/mol. The normalized spacial score (nSPS) is 11.3. The maximum Gasteiger partial charge on any atom is 0.144 e. The van der Waals surface area contributed by atoms with Crippen LogP contribution in [-0.4, -0.2) is 9.55 Å². The van der Waals surface area contributed by atoms with E-state index < -0.39 is 5.82 Å². The lowest BCUT2D eigenvalue weighted by molar-refractivity contribution is 0.629. The number of nitrogens with zero attached hydrogens (tertiary/aromatic N) is 2. The van der Waals surface area contributed by atoms with Gasteiger partial charge in [-0.3, -0.25) is 4.57 Å². The van der Waals surface area contributed by atoms with Gasteiger partial charge in [0.2, 0.25) is 0 Å². The smallest absolute Gasteiger partial charge is 0.144 e.